The highest BCUT2D eigenvalue weighted by Crippen LogP contribution is 2.20. The van der Waals surface area contributed by atoms with Crippen molar-refractivity contribution in [3.63, 3.8) is 0 Å². The molecule has 2 aromatic carbocycles. The number of hydrogen-bond donors (Lipinski definition) is 1. The maximum Gasteiger partial charge on any atom is 0.250 e. The van der Waals surface area contributed by atoms with Gasteiger partial charge in [0.25, 0.3) is 5.89 Å². The van der Waals surface area contributed by atoms with Gasteiger partial charge in [0.05, 0.1) is 5.75 Å². The van der Waals surface area contributed by atoms with Gasteiger partial charge in [0.1, 0.15) is 0 Å². The zero-order chi connectivity index (χ0) is 17.7. The zero-order valence-electron chi connectivity index (χ0n) is 13.6. The summed E-state index contributed by atoms with van der Waals surface area (Å²) in [5, 5.41) is 3.94. The minimum Gasteiger partial charge on any atom is -0.334 e. The van der Waals surface area contributed by atoms with Crippen LogP contribution in [0.5, 0.6) is 0 Å². The van der Waals surface area contributed by atoms with E-state index >= 15 is 0 Å². The number of nitrogens with zero attached hydrogens (tertiary/aromatic N) is 2. The molecule has 0 bridgehead atoms. The summed E-state index contributed by atoms with van der Waals surface area (Å²) in [5.74, 6) is 0.865. The van der Waals surface area contributed by atoms with Gasteiger partial charge in [-0.25, -0.2) is 8.42 Å². The van der Waals surface area contributed by atoms with E-state index in [9.17, 15) is 8.42 Å². The molecule has 0 amide bonds. The van der Waals surface area contributed by atoms with Gasteiger partial charge in [-0.1, -0.05) is 35.5 Å². The Morgan fingerprint density at radius 2 is 1.76 bits per heavy atom. The third-order valence-corrected chi connectivity index (χ3v) is 4.76. The van der Waals surface area contributed by atoms with Crippen molar-refractivity contribution in [2.45, 2.75) is 6.92 Å². The first-order valence-corrected chi connectivity index (χ1v) is 9.39. The zero-order valence-corrected chi connectivity index (χ0v) is 14.4. The molecule has 0 fully saturated rings. The molecule has 0 unspecified atom stereocenters. The summed E-state index contributed by atoms with van der Waals surface area (Å²) in [6, 6.07) is 16.6. The minimum atomic E-state index is -3.29. The van der Waals surface area contributed by atoms with E-state index in [1.165, 1.54) is 0 Å². The number of nitrogens with one attached hydrogen (secondary N) is 1. The molecule has 1 aromatic heterocycles. The average Bonchev–Trinajstić information content (AvgIpc) is 3.10. The summed E-state index contributed by atoms with van der Waals surface area (Å²) in [6.45, 7) is 1.58. The molecule has 0 aliphatic rings. The van der Waals surface area contributed by atoms with Gasteiger partial charge < -0.3 is 4.52 Å². The largest absolute Gasteiger partial charge is 0.334 e. The Labute approximate surface area is 146 Å². The van der Waals surface area contributed by atoms with Gasteiger partial charge >= 0.3 is 0 Å². The summed E-state index contributed by atoms with van der Waals surface area (Å²) >= 11 is 0. The second-order valence-electron chi connectivity index (χ2n) is 5.28. The highest BCUT2D eigenvalue weighted by atomic mass is 32.2. The van der Waals surface area contributed by atoms with E-state index in [4.69, 9.17) is 4.52 Å². The molecule has 0 saturated heterocycles. The van der Waals surface area contributed by atoms with Crippen molar-refractivity contribution in [1.82, 2.24) is 10.1 Å². The van der Waals surface area contributed by atoms with Crippen molar-refractivity contribution < 1.29 is 12.9 Å². The SMILES string of the molecule is CCS(=O)(=O)Nc1ccc(-c2noc(C=Cc3ccccc3)n2)cc1. The van der Waals surface area contributed by atoms with Crippen LogP contribution in [0, 0.1) is 0 Å². The van der Waals surface area contributed by atoms with Crippen molar-refractivity contribution in [1.29, 1.82) is 0 Å². The normalized spacial score (nSPS) is 11.7. The molecule has 6 nitrogen and oxygen atoms in total. The van der Waals surface area contributed by atoms with E-state index in [0.29, 0.717) is 17.4 Å². The van der Waals surface area contributed by atoms with E-state index < -0.39 is 10.0 Å². The van der Waals surface area contributed by atoms with Crippen molar-refractivity contribution in [3.05, 3.63) is 66.1 Å². The maximum atomic E-state index is 11.6. The monoisotopic (exact) mass is 355 g/mol. The van der Waals surface area contributed by atoms with Crippen LogP contribution in [0.2, 0.25) is 0 Å². The topological polar surface area (TPSA) is 85.1 Å². The van der Waals surface area contributed by atoms with Gasteiger partial charge in [-0.2, -0.15) is 4.98 Å². The number of benzene rings is 2. The molecule has 0 spiro atoms. The fourth-order valence-electron chi connectivity index (χ4n) is 2.09. The Balaban J connectivity index is 1.73. The van der Waals surface area contributed by atoms with Crippen LogP contribution >= 0.6 is 0 Å². The highest BCUT2D eigenvalue weighted by Gasteiger charge is 2.09. The lowest BCUT2D eigenvalue weighted by Gasteiger charge is -2.05. The molecule has 7 heteroatoms. The van der Waals surface area contributed by atoms with E-state index in [-0.39, 0.29) is 5.75 Å². The van der Waals surface area contributed by atoms with Crippen LogP contribution in [0.1, 0.15) is 18.4 Å². The summed E-state index contributed by atoms with van der Waals surface area (Å²) < 4.78 is 30.8. The van der Waals surface area contributed by atoms with Crippen molar-refractivity contribution in [2.75, 3.05) is 10.5 Å². The third-order valence-electron chi connectivity index (χ3n) is 3.46. The first-order valence-electron chi connectivity index (χ1n) is 7.73. The number of anilines is 1. The van der Waals surface area contributed by atoms with Crippen LogP contribution in [0.25, 0.3) is 23.5 Å². The molecule has 0 saturated carbocycles. The van der Waals surface area contributed by atoms with Crippen LogP contribution in [0.4, 0.5) is 5.69 Å². The molecule has 3 rings (SSSR count). The molecule has 0 radical (unpaired) electrons. The van der Waals surface area contributed by atoms with Gasteiger partial charge in [0.2, 0.25) is 15.8 Å². The third kappa shape index (κ3) is 4.54. The number of rotatable bonds is 6. The quantitative estimate of drug-likeness (QED) is 0.729. The number of hydrogen-bond acceptors (Lipinski definition) is 5. The molecule has 128 valence electrons. The van der Waals surface area contributed by atoms with Crippen LogP contribution in [0.3, 0.4) is 0 Å². The predicted molar refractivity (Wildman–Crippen MR) is 98.2 cm³/mol. The van der Waals surface area contributed by atoms with Crippen molar-refractivity contribution in [3.8, 4) is 11.4 Å². The van der Waals surface area contributed by atoms with Gasteiger partial charge in [-0.05, 0) is 42.8 Å². The lowest BCUT2D eigenvalue weighted by Crippen LogP contribution is -2.14. The van der Waals surface area contributed by atoms with Crippen molar-refractivity contribution in [2.24, 2.45) is 0 Å². The Kier molecular flexibility index (Phi) is 4.95. The molecule has 0 atom stereocenters. The first kappa shape index (κ1) is 16.9. The maximum absolute atomic E-state index is 11.6. The summed E-state index contributed by atoms with van der Waals surface area (Å²) in [5.41, 5.74) is 2.27. The second-order valence-corrected chi connectivity index (χ2v) is 7.29. The second kappa shape index (κ2) is 7.31. The summed E-state index contributed by atoms with van der Waals surface area (Å²) in [7, 11) is -3.29. The van der Waals surface area contributed by atoms with E-state index in [0.717, 1.165) is 11.1 Å². The summed E-state index contributed by atoms with van der Waals surface area (Å²) in [4.78, 5) is 4.31. The number of aromatic nitrogens is 2. The lowest BCUT2D eigenvalue weighted by atomic mass is 10.2. The van der Waals surface area contributed by atoms with E-state index in [2.05, 4.69) is 14.9 Å². The Hall–Kier alpha value is -2.93. The molecule has 0 aliphatic heterocycles. The molecule has 3 aromatic rings. The van der Waals surface area contributed by atoms with Gasteiger partial charge in [0, 0.05) is 17.3 Å². The standard InChI is InChI=1S/C18H17N3O3S/c1-2-25(22,23)21-16-11-9-15(10-12-16)18-19-17(24-20-18)13-8-14-6-4-3-5-7-14/h3-13,21H,2H2,1H3. The van der Waals surface area contributed by atoms with Gasteiger partial charge in [0.15, 0.2) is 0 Å². The van der Waals surface area contributed by atoms with Gasteiger partial charge in [-0.3, -0.25) is 4.72 Å². The Morgan fingerprint density at radius 1 is 1.04 bits per heavy atom. The molecule has 25 heavy (non-hydrogen) atoms. The molecular weight excluding hydrogens is 338 g/mol. The molecule has 0 aliphatic carbocycles. The fourth-order valence-corrected chi connectivity index (χ4v) is 2.73. The molecule has 1 heterocycles. The summed E-state index contributed by atoms with van der Waals surface area (Å²) in [6.07, 6.45) is 3.63. The highest BCUT2D eigenvalue weighted by molar-refractivity contribution is 7.92. The van der Waals surface area contributed by atoms with Gasteiger partial charge in [-0.15, -0.1) is 0 Å². The lowest BCUT2D eigenvalue weighted by molar-refractivity contribution is 0.411. The molecule has 1 N–H and O–H groups in total. The average molecular weight is 355 g/mol. The van der Waals surface area contributed by atoms with E-state index in [1.807, 2.05) is 36.4 Å². The smallest absolute Gasteiger partial charge is 0.250 e. The number of sulfonamides is 1. The van der Waals surface area contributed by atoms with Crippen LogP contribution in [0.15, 0.2) is 59.1 Å². The Morgan fingerprint density at radius 3 is 2.44 bits per heavy atom. The fraction of sp³-hybridized carbons (Fsp3) is 0.111. The first-order chi connectivity index (χ1) is 12.1. The molecular formula is C18H17N3O3S. The van der Waals surface area contributed by atoms with Crippen LogP contribution in [-0.4, -0.2) is 24.3 Å². The van der Waals surface area contributed by atoms with E-state index in [1.54, 1.807) is 37.3 Å². The van der Waals surface area contributed by atoms with Crippen molar-refractivity contribution >= 4 is 27.9 Å². The predicted octanol–water partition coefficient (Wildman–Crippen LogP) is 3.67. The Bertz CT molecular complexity index is 962. The van der Waals surface area contributed by atoms with Crippen LogP contribution in [-0.2, 0) is 10.0 Å². The minimum absolute atomic E-state index is 0.0245. The van der Waals surface area contributed by atoms with Crippen LogP contribution < -0.4 is 4.72 Å².